The topological polar surface area (TPSA) is 60.7 Å². The average molecular weight is 388 g/mol. The summed E-state index contributed by atoms with van der Waals surface area (Å²) in [6.07, 6.45) is 1.75. The van der Waals surface area contributed by atoms with E-state index in [2.05, 4.69) is 15.4 Å². The highest BCUT2D eigenvalue weighted by atomic mass is 19.1. The molecule has 0 spiro atoms. The molecule has 0 aliphatic carbocycles. The van der Waals surface area contributed by atoms with E-state index < -0.39 is 0 Å². The normalized spacial score (nSPS) is 12.9. The number of halogens is 1. The molecule has 0 saturated carbocycles. The molecule has 3 heterocycles. The maximum atomic E-state index is 14.3. The number of fused-ring (bicyclic) bond motifs is 2. The Morgan fingerprint density at radius 2 is 1.90 bits per heavy atom. The van der Waals surface area contributed by atoms with Crippen LogP contribution in [0.25, 0.3) is 16.9 Å². The average Bonchev–Trinajstić information content (AvgIpc) is 3.13. The van der Waals surface area contributed by atoms with Gasteiger partial charge in [0.25, 0.3) is 0 Å². The van der Waals surface area contributed by atoms with Crippen molar-refractivity contribution in [2.75, 3.05) is 18.5 Å². The van der Waals surface area contributed by atoms with Gasteiger partial charge in [-0.2, -0.15) is 9.61 Å². The summed E-state index contributed by atoms with van der Waals surface area (Å²) in [6, 6.07) is 14.3. The molecule has 2 aromatic carbocycles. The van der Waals surface area contributed by atoms with Gasteiger partial charge in [0.2, 0.25) is 0 Å². The Morgan fingerprint density at radius 3 is 2.76 bits per heavy atom. The van der Waals surface area contributed by atoms with Crippen LogP contribution in [0, 0.1) is 5.82 Å². The van der Waals surface area contributed by atoms with Crippen LogP contribution in [0.5, 0.6) is 11.5 Å². The summed E-state index contributed by atoms with van der Waals surface area (Å²) in [6.45, 7) is 1.66. The third-order valence-electron chi connectivity index (χ3n) is 4.88. The summed E-state index contributed by atoms with van der Waals surface area (Å²) in [4.78, 5) is 4.62. The van der Waals surface area contributed by atoms with Gasteiger partial charge in [0, 0.05) is 24.4 Å². The molecule has 8 heteroatoms. The van der Waals surface area contributed by atoms with Crippen molar-refractivity contribution in [2.24, 2.45) is 0 Å². The van der Waals surface area contributed by atoms with Crippen molar-refractivity contribution in [1.82, 2.24) is 14.6 Å². The molecule has 0 amide bonds. The van der Waals surface area contributed by atoms with Crippen molar-refractivity contribution in [3.63, 3.8) is 0 Å². The number of ether oxygens (including phenoxy) is 2. The highest BCUT2D eigenvalue weighted by molar-refractivity contribution is 6.36. The number of rotatable bonds is 4. The van der Waals surface area contributed by atoms with E-state index in [1.54, 1.807) is 28.9 Å². The smallest absolute Gasteiger partial charge is 0.161 e. The monoisotopic (exact) mass is 388 g/mol. The van der Waals surface area contributed by atoms with Crippen LogP contribution in [0.4, 0.5) is 10.2 Å². The van der Waals surface area contributed by atoms with Crippen LogP contribution in [0.2, 0.25) is 0 Å². The fourth-order valence-corrected chi connectivity index (χ4v) is 3.40. The Labute approximate surface area is 167 Å². The number of hydrogen-bond donors (Lipinski definition) is 1. The molecule has 5 rings (SSSR count). The van der Waals surface area contributed by atoms with E-state index in [1.807, 2.05) is 32.1 Å². The summed E-state index contributed by atoms with van der Waals surface area (Å²) >= 11 is 0. The maximum absolute atomic E-state index is 14.3. The van der Waals surface area contributed by atoms with Gasteiger partial charge in [-0.1, -0.05) is 18.2 Å². The molecule has 1 aliphatic rings. The van der Waals surface area contributed by atoms with Crippen molar-refractivity contribution in [3.8, 4) is 22.8 Å². The first-order valence-corrected chi connectivity index (χ1v) is 9.42. The van der Waals surface area contributed by atoms with E-state index in [-0.39, 0.29) is 5.82 Å². The van der Waals surface area contributed by atoms with Crippen molar-refractivity contribution < 1.29 is 13.9 Å². The van der Waals surface area contributed by atoms with Crippen LogP contribution in [0.3, 0.4) is 0 Å². The number of nitrogens with zero attached hydrogens (tertiary/aromatic N) is 3. The molecule has 0 radical (unpaired) electrons. The van der Waals surface area contributed by atoms with E-state index in [4.69, 9.17) is 9.47 Å². The fourth-order valence-electron chi connectivity index (χ4n) is 3.40. The quantitative estimate of drug-likeness (QED) is 0.543. The van der Waals surface area contributed by atoms with Crippen molar-refractivity contribution in [3.05, 3.63) is 66.1 Å². The summed E-state index contributed by atoms with van der Waals surface area (Å²) < 4.78 is 27.3. The van der Waals surface area contributed by atoms with E-state index in [0.29, 0.717) is 36.7 Å². The molecule has 0 saturated heterocycles. The Balaban J connectivity index is 1.50. The molecule has 1 aliphatic heterocycles. The molecular weight excluding hydrogens is 370 g/mol. The second-order valence-electron chi connectivity index (χ2n) is 6.90. The van der Waals surface area contributed by atoms with Crippen LogP contribution >= 0.6 is 0 Å². The SMILES string of the molecule is Bc1cnn2c(NCc3ccc4c(c3)OCCO4)cc(-c3ccccc3F)nc12. The number of aromatic nitrogens is 3. The second-order valence-corrected chi connectivity index (χ2v) is 6.90. The van der Waals surface area contributed by atoms with Gasteiger partial charge in [-0.3, -0.25) is 0 Å². The largest absolute Gasteiger partial charge is 0.486 e. The molecule has 29 heavy (non-hydrogen) atoms. The lowest BCUT2D eigenvalue weighted by molar-refractivity contribution is 0.171. The minimum atomic E-state index is -0.306. The van der Waals surface area contributed by atoms with Gasteiger partial charge in [-0.15, -0.1) is 0 Å². The van der Waals surface area contributed by atoms with Crippen molar-refractivity contribution in [2.45, 2.75) is 6.54 Å². The van der Waals surface area contributed by atoms with Gasteiger partial charge in [-0.25, -0.2) is 9.37 Å². The summed E-state index contributed by atoms with van der Waals surface area (Å²) in [5.41, 5.74) is 3.67. The predicted molar refractivity (Wildman–Crippen MR) is 111 cm³/mol. The first kappa shape index (κ1) is 17.5. The first-order chi connectivity index (χ1) is 14.2. The molecule has 2 aromatic heterocycles. The van der Waals surface area contributed by atoms with Gasteiger partial charge < -0.3 is 14.8 Å². The van der Waals surface area contributed by atoms with Gasteiger partial charge in [0.05, 0.1) is 5.69 Å². The minimum Gasteiger partial charge on any atom is -0.486 e. The van der Waals surface area contributed by atoms with E-state index in [0.717, 1.165) is 28.3 Å². The van der Waals surface area contributed by atoms with Crippen LogP contribution in [0.1, 0.15) is 5.56 Å². The molecule has 0 bridgehead atoms. The zero-order valence-electron chi connectivity index (χ0n) is 15.9. The van der Waals surface area contributed by atoms with Crippen molar-refractivity contribution >= 4 is 24.8 Å². The van der Waals surface area contributed by atoms with E-state index >= 15 is 0 Å². The molecule has 4 aromatic rings. The Morgan fingerprint density at radius 1 is 1.07 bits per heavy atom. The van der Waals surface area contributed by atoms with E-state index in [9.17, 15) is 4.39 Å². The number of benzene rings is 2. The van der Waals surface area contributed by atoms with Gasteiger partial charge in [0.15, 0.2) is 17.1 Å². The zero-order chi connectivity index (χ0) is 19.8. The number of hydrogen-bond acceptors (Lipinski definition) is 5. The molecular formula is C21H18BFN4O2. The highest BCUT2D eigenvalue weighted by Gasteiger charge is 2.14. The van der Waals surface area contributed by atoms with Gasteiger partial charge in [-0.05, 0) is 35.3 Å². The molecule has 144 valence electrons. The molecule has 6 nitrogen and oxygen atoms in total. The molecule has 0 fully saturated rings. The van der Waals surface area contributed by atoms with Crippen molar-refractivity contribution in [1.29, 1.82) is 0 Å². The van der Waals surface area contributed by atoms with Crippen LogP contribution in [-0.2, 0) is 6.54 Å². The van der Waals surface area contributed by atoms with Crippen LogP contribution in [-0.4, -0.2) is 35.7 Å². The zero-order valence-corrected chi connectivity index (χ0v) is 15.9. The summed E-state index contributed by atoms with van der Waals surface area (Å²) in [5, 5.41) is 7.81. The maximum Gasteiger partial charge on any atom is 0.161 e. The highest BCUT2D eigenvalue weighted by Crippen LogP contribution is 2.31. The minimum absolute atomic E-state index is 0.306. The van der Waals surface area contributed by atoms with Gasteiger partial charge in [0.1, 0.15) is 32.7 Å². The lowest BCUT2D eigenvalue weighted by atomic mass is 10.0. The Kier molecular flexibility index (Phi) is 4.31. The predicted octanol–water partition coefficient (Wildman–Crippen LogP) is 2.18. The molecule has 0 unspecified atom stereocenters. The Bertz CT molecular complexity index is 1210. The summed E-state index contributed by atoms with van der Waals surface area (Å²) in [5.74, 6) is 1.93. The third kappa shape index (κ3) is 3.26. The van der Waals surface area contributed by atoms with Crippen LogP contribution in [0.15, 0.2) is 54.7 Å². The lowest BCUT2D eigenvalue weighted by Gasteiger charge is -2.19. The fraction of sp³-hybridized carbons (Fsp3) is 0.143. The molecule has 0 atom stereocenters. The second kappa shape index (κ2) is 7.12. The summed E-state index contributed by atoms with van der Waals surface area (Å²) in [7, 11) is 1.94. The lowest BCUT2D eigenvalue weighted by Crippen LogP contribution is -2.15. The first-order valence-electron chi connectivity index (χ1n) is 9.42. The third-order valence-corrected chi connectivity index (χ3v) is 4.88. The number of anilines is 1. The van der Waals surface area contributed by atoms with E-state index in [1.165, 1.54) is 6.07 Å². The standard InChI is InChI=1S/C21H18BFN4O2/c22-15-12-25-27-20(10-17(26-21(15)27)14-3-1-2-4-16(14)23)24-11-13-5-6-18-19(9-13)29-8-7-28-18/h1-6,9-10,12,24H,7-8,11,22H2. The Hall–Kier alpha value is -3.55. The molecule has 1 N–H and O–H groups in total. The van der Waals surface area contributed by atoms with Gasteiger partial charge >= 0.3 is 0 Å². The van der Waals surface area contributed by atoms with Crippen LogP contribution < -0.4 is 20.3 Å². The number of nitrogens with one attached hydrogen (secondary N) is 1.